The predicted octanol–water partition coefficient (Wildman–Crippen LogP) is 2.82. The van der Waals surface area contributed by atoms with Crippen molar-refractivity contribution < 1.29 is 0 Å². The molecule has 1 heterocycles. The summed E-state index contributed by atoms with van der Waals surface area (Å²) >= 11 is 0. The largest absolute Gasteiger partial charge is 0.329 e. The topological polar surface area (TPSA) is 79.7 Å². The quantitative estimate of drug-likeness (QED) is 0.653. The predicted molar refractivity (Wildman–Crippen MR) is 100 cm³/mol. The first-order valence-electron chi connectivity index (χ1n) is 8.33. The van der Waals surface area contributed by atoms with Crippen LogP contribution in [0, 0.1) is 12.3 Å². The molecule has 2 atom stereocenters. The summed E-state index contributed by atoms with van der Waals surface area (Å²) in [5, 5.41) is 15.9. The summed E-state index contributed by atoms with van der Waals surface area (Å²) in [5.41, 5.74) is 9.16. The fraction of sp³-hybridized carbons (Fsp3) is 0.368. The third-order valence-corrected chi connectivity index (χ3v) is 3.97. The minimum atomic E-state index is 0.310. The number of rotatable bonds is 8. The van der Waals surface area contributed by atoms with Crippen LogP contribution in [0.25, 0.3) is 5.69 Å². The van der Waals surface area contributed by atoms with Crippen LogP contribution in [0.1, 0.15) is 31.4 Å². The van der Waals surface area contributed by atoms with Crippen molar-refractivity contribution in [2.45, 2.75) is 39.3 Å². The molecule has 0 aliphatic heterocycles. The van der Waals surface area contributed by atoms with Gasteiger partial charge in [0.25, 0.3) is 0 Å². The number of nitrogens with two attached hydrogens (primary N) is 1. The minimum Gasteiger partial charge on any atom is -0.329 e. The number of aromatic nitrogens is 2. The molecule has 128 valence electrons. The second-order valence-electron chi connectivity index (χ2n) is 6.21. The maximum Gasteiger partial charge on any atom is 0.0648 e. The number of nitrogens with one attached hydrogen (secondary N) is 2. The van der Waals surface area contributed by atoms with Gasteiger partial charge in [0, 0.05) is 36.6 Å². The molecule has 0 amide bonds. The molecule has 5 nitrogen and oxygen atoms in total. The number of nitrogens with zero attached hydrogens (tertiary/aromatic N) is 2. The van der Waals surface area contributed by atoms with E-state index >= 15 is 0 Å². The van der Waals surface area contributed by atoms with Crippen LogP contribution in [0.2, 0.25) is 0 Å². The zero-order valence-electron chi connectivity index (χ0n) is 14.7. The first-order valence-corrected chi connectivity index (χ1v) is 8.33. The normalized spacial score (nSPS) is 14.0. The Hall–Kier alpha value is -2.24. The molecular formula is C19H27N5. The molecule has 0 saturated carbocycles. The molecule has 4 N–H and O–H groups in total. The van der Waals surface area contributed by atoms with Crippen molar-refractivity contribution in [1.82, 2.24) is 15.1 Å². The summed E-state index contributed by atoms with van der Waals surface area (Å²) < 4.78 is 1.82. The Kier molecular flexibility index (Phi) is 6.46. The zero-order valence-corrected chi connectivity index (χ0v) is 14.7. The molecule has 0 radical (unpaired) electrons. The van der Waals surface area contributed by atoms with Gasteiger partial charge in [0.1, 0.15) is 0 Å². The summed E-state index contributed by atoms with van der Waals surface area (Å²) in [4.78, 5) is 0. The van der Waals surface area contributed by atoms with E-state index in [1.165, 1.54) is 0 Å². The average molecular weight is 325 g/mol. The Labute approximate surface area is 144 Å². The Morgan fingerprint density at radius 3 is 2.79 bits per heavy atom. The summed E-state index contributed by atoms with van der Waals surface area (Å²) in [5.74, 6) is 0. The van der Waals surface area contributed by atoms with E-state index in [-0.39, 0.29) is 0 Å². The average Bonchev–Trinajstić information content (AvgIpc) is 3.08. The van der Waals surface area contributed by atoms with E-state index in [0.717, 1.165) is 23.2 Å². The Balaban J connectivity index is 1.98. The Morgan fingerprint density at radius 2 is 2.17 bits per heavy atom. The van der Waals surface area contributed by atoms with E-state index in [0.29, 0.717) is 24.3 Å². The van der Waals surface area contributed by atoms with Crippen molar-refractivity contribution in [3.63, 3.8) is 0 Å². The van der Waals surface area contributed by atoms with E-state index in [2.05, 4.69) is 30.3 Å². The lowest BCUT2D eigenvalue weighted by Crippen LogP contribution is -2.39. The molecule has 5 heteroatoms. The van der Waals surface area contributed by atoms with Crippen molar-refractivity contribution in [2.24, 2.45) is 5.73 Å². The Bertz CT molecular complexity index is 688. The molecule has 0 aliphatic rings. The fourth-order valence-corrected chi connectivity index (χ4v) is 2.62. The maximum absolute atomic E-state index is 8.29. The third-order valence-electron chi connectivity index (χ3n) is 3.97. The van der Waals surface area contributed by atoms with Crippen LogP contribution < -0.4 is 11.1 Å². The molecule has 2 aromatic rings. The molecule has 2 rings (SSSR count). The molecule has 0 spiro atoms. The smallest absolute Gasteiger partial charge is 0.0648 e. The van der Waals surface area contributed by atoms with Gasteiger partial charge in [-0.2, -0.15) is 5.10 Å². The van der Waals surface area contributed by atoms with Gasteiger partial charge in [-0.15, -0.1) is 0 Å². The van der Waals surface area contributed by atoms with Crippen LogP contribution in [-0.4, -0.2) is 34.1 Å². The molecule has 1 aromatic heterocycles. The molecule has 2 unspecified atom stereocenters. The van der Waals surface area contributed by atoms with Crippen molar-refractivity contribution in [3.05, 3.63) is 59.9 Å². The van der Waals surface area contributed by atoms with Crippen LogP contribution >= 0.6 is 0 Å². The lowest BCUT2D eigenvalue weighted by atomic mass is 10.0. The first kappa shape index (κ1) is 18.1. The van der Waals surface area contributed by atoms with Crippen LogP contribution in [0.4, 0.5) is 0 Å². The first-order chi connectivity index (χ1) is 11.5. The van der Waals surface area contributed by atoms with Gasteiger partial charge in [0.05, 0.1) is 11.4 Å². The van der Waals surface area contributed by atoms with Crippen molar-refractivity contribution >= 4 is 5.71 Å². The fourth-order valence-electron chi connectivity index (χ4n) is 2.62. The lowest BCUT2D eigenvalue weighted by molar-refractivity contribution is 0.475. The van der Waals surface area contributed by atoms with Gasteiger partial charge < -0.3 is 16.5 Å². The van der Waals surface area contributed by atoms with Crippen LogP contribution in [-0.2, 0) is 0 Å². The number of hydrogen-bond donors (Lipinski definition) is 3. The van der Waals surface area contributed by atoms with Crippen LogP contribution in [0.5, 0.6) is 0 Å². The van der Waals surface area contributed by atoms with Gasteiger partial charge in [-0.1, -0.05) is 12.1 Å². The highest BCUT2D eigenvalue weighted by molar-refractivity contribution is 6.07. The van der Waals surface area contributed by atoms with Gasteiger partial charge in [-0.05, 0) is 57.0 Å². The summed E-state index contributed by atoms with van der Waals surface area (Å²) in [6.45, 7) is 6.86. The zero-order chi connectivity index (χ0) is 17.5. The number of aryl methyl sites for hydroxylation is 1. The highest BCUT2D eigenvalue weighted by Gasteiger charge is 2.06. The molecule has 0 saturated heterocycles. The summed E-state index contributed by atoms with van der Waals surface area (Å²) in [6.07, 6.45) is 8.47. The van der Waals surface area contributed by atoms with Gasteiger partial charge in [-0.3, -0.25) is 0 Å². The molecule has 1 aromatic carbocycles. The van der Waals surface area contributed by atoms with E-state index < -0.39 is 0 Å². The third kappa shape index (κ3) is 4.88. The molecule has 0 fully saturated rings. The Morgan fingerprint density at radius 1 is 1.38 bits per heavy atom. The van der Waals surface area contributed by atoms with Gasteiger partial charge in [0.2, 0.25) is 0 Å². The summed E-state index contributed by atoms with van der Waals surface area (Å²) in [7, 11) is 0. The minimum absolute atomic E-state index is 0.310. The van der Waals surface area contributed by atoms with Crippen molar-refractivity contribution in [3.8, 4) is 5.69 Å². The molecule has 0 aliphatic carbocycles. The van der Waals surface area contributed by atoms with Crippen LogP contribution in [0.15, 0.2) is 48.8 Å². The number of allylic oxidation sites excluding steroid dienone is 1. The van der Waals surface area contributed by atoms with Gasteiger partial charge in [-0.25, -0.2) is 4.68 Å². The van der Waals surface area contributed by atoms with Gasteiger partial charge in [0.15, 0.2) is 0 Å². The summed E-state index contributed by atoms with van der Waals surface area (Å²) in [6, 6.07) is 8.58. The molecule has 24 heavy (non-hydrogen) atoms. The SMILES string of the molecule is Cc1cc(-n2cccn2)ccc1C(=N)/C=C\CC(C)NC(C)CN. The second-order valence-corrected chi connectivity index (χ2v) is 6.21. The van der Waals surface area contributed by atoms with Crippen molar-refractivity contribution in [2.75, 3.05) is 6.54 Å². The molecular weight excluding hydrogens is 298 g/mol. The monoisotopic (exact) mass is 325 g/mol. The van der Waals surface area contributed by atoms with Crippen LogP contribution in [0.3, 0.4) is 0 Å². The second kappa shape index (κ2) is 8.57. The standard InChI is InChI=1S/C19H27N5/c1-14-12-17(24-11-5-10-22-24)8-9-18(14)19(21)7-4-6-15(2)23-16(3)13-20/h4-5,7-12,15-16,21,23H,6,13,20H2,1-3H3/b7-4-,21-19?. The van der Waals surface area contributed by atoms with Gasteiger partial charge >= 0.3 is 0 Å². The maximum atomic E-state index is 8.29. The van der Waals surface area contributed by atoms with E-state index in [9.17, 15) is 0 Å². The number of hydrogen-bond acceptors (Lipinski definition) is 4. The van der Waals surface area contributed by atoms with Crippen molar-refractivity contribution in [1.29, 1.82) is 5.41 Å². The highest BCUT2D eigenvalue weighted by Crippen LogP contribution is 2.15. The van der Waals surface area contributed by atoms with E-state index in [1.54, 1.807) is 6.20 Å². The van der Waals surface area contributed by atoms with E-state index in [4.69, 9.17) is 11.1 Å². The molecule has 0 bridgehead atoms. The highest BCUT2D eigenvalue weighted by atomic mass is 15.3. The lowest BCUT2D eigenvalue weighted by Gasteiger charge is -2.17. The van der Waals surface area contributed by atoms with E-state index in [1.807, 2.05) is 48.2 Å². The number of benzene rings is 1.